The third-order valence-electron chi connectivity index (χ3n) is 2.67. The number of phenols is 1. The molecule has 0 aromatic heterocycles. The first kappa shape index (κ1) is 18.1. The number of nitrogens with one attached hydrogen (secondary N) is 1. The van der Waals surface area contributed by atoms with E-state index in [9.17, 15) is 14.7 Å². The molecule has 1 rings (SSSR count). The number of hydrogen-bond donors (Lipinski definition) is 6. The fraction of sp³-hybridized carbons (Fsp3) is 0.333. The van der Waals surface area contributed by atoms with E-state index in [1.807, 2.05) is 0 Å². The molecule has 22 heavy (non-hydrogen) atoms. The van der Waals surface area contributed by atoms with Gasteiger partial charge >= 0.3 is 14.6 Å². The van der Waals surface area contributed by atoms with Gasteiger partial charge in [-0.25, -0.2) is 4.79 Å². The van der Waals surface area contributed by atoms with Crippen molar-refractivity contribution in [3.63, 3.8) is 0 Å². The van der Waals surface area contributed by atoms with E-state index >= 15 is 0 Å². The van der Waals surface area contributed by atoms with Gasteiger partial charge in [0.05, 0.1) is 6.04 Å². The third kappa shape index (κ3) is 5.45. The zero-order valence-electron chi connectivity index (χ0n) is 11.6. The summed E-state index contributed by atoms with van der Waals surface area (Å²) in [6.07, 6.45) is -0.0886. The second-order valence-corrected chi connectivity index (χ2v) is 5.23. The molecule has 9 nitrogen and oxygen atoms in total. The van der Waals surface area contributed by atoms with E-state index in [-0.39, 0.29) is 17.9 Å². The van der Waals surface area contributed by atoms with Gasteiger partial charge in [-0.2, -0.15) is 0 Å². The van der Waals surface area contributed by atoms with Crippen molar-refractivity contribution >= 4 is 20.5 Å². The number of carboxylic acid groups (broad SMARTS) is 1. The number of aromatic hydroxyl groups is 1. The number of phenolic OH excluding ortho intramolecular Hbond substituents is 1. The van der Waals surface area contributed by atoms with Gasteiger partial charge < -0.3 is 35.6 Å². The summed E-state index contributed by atoms with van der Waals surface area (Å²) in [4.78, 5) is 40.1. The van der Waals surface area contributed by atoms with Gasteiger partial charge in [0.25, 0.3) is 0 Å². The number of carboxylic acids is 1. The van der Waals surface area contributed by atoms with E-state index in [1.165, 1.54) is 25.1 Å². The highest BCUT2D eigenvalue weighted by molar-refractivity contribution is 7.39. The monoisotopic (exact) mass is 332 g/mol. The molecule has 122 valence electrons. The first-order valence-electron chi connectivity index (χ1n) is 6.17. The van der Waals surface area contributed by atoms with Crippen LogP contribution in [0.5, 0.6) is 11.5 Å². The molecule has 0 aliphatic heterocycles. The maximum atomic E-state index is 11.5. The number of aliphatic carboxylic acids is 1. The van der Waals surface area contributed by atoms with Crippen LogP contribution in [0, 0.1) is 0 Å². The van der Waals surface area contributed by atoms with E-state index < -0.39 is 32.6 Å². The van der Waals surface area contributed by atoms with Crippen LogP contribution in [0.25, 0.3) is 0 Å². The molecule has 2 unspecified atom stereocenters. The Morgan fingerprint density at radius 2 is 2.05 bits per heavy atom. The van der Waals surface area contributed by atoms with Gasteiger partial charge in [-0.3, -0.25) is 4.79 Å². The number of benzene rings is 1. The van der Waals surface area contributed by atoms with Gasteiger partial charge in [0, 0.05) is 6.42 Å². The number of carbonyl (C=O) groups is 2. The molecule has 1 aromatic rings. The lowest BCUT2D eigenvalue weighted by atomic mass is 10.0. The highest BCUT2D eigenvalue weighted by Crippen LogP contribution is 2.36. The maximum Gasteiger partial charge on any atom is 0.391 e. The lowest BCUT2D eigenvalue weighted by molar-refractivity contribution is -0.141. The minimum Gasteiger partial charge on any atom is -0.504 e. The maximum absolute atomic E-state index is 11.5. The van der Waals surface area contributed by atoms with E-state index in [0.717, 1.165) is 0 Å². The Labute approximate surface area is 127 Å². The Bertz CT molecular complexity index is 550. The molecule has 0 heterocycles. The van der Waals surface area contributed by atoms with Crippen LogP contribution >= 0.6 is 8.60 Å². The highest BCUT2D eigenvalue weighted by atomic mass is 31.2. The van der Waals surface area contributed by atoms with Crippen molar-refractivity contribution in [2.24, 2.45) is 5.73 Å². The van der Waals surface area contributed by atoms with Gasteiger partial charge in [-0.1, -0.05) is 6.07 Å². The zero-order chi connectivity index (χ0) is 16.9. The summed E-state index contributed by atoms with van der Waals surface area (Å²) in [5.41, 5.74) is 5.77. The standard InChI is InChI=1S/C12H17N2O7P/c1-6(13)11(16)14-8(12(17)18)4-7-2-3-10(9(15)5-7)21-22(19)20/h2-3,5-6,8,15,19-20H,4,13H2,1H3,(H,14,16)(H,17,18). The number of rotatable bonds is 7. The molecule has 0 saturated carbocycles. The summed E-state index contributed by atoms with van der Waals surface area (Å²) in [5, 5.41) is 21.0. The minimum atomic E-state index is -2.67. The second kappa shape index (κ2) is 7.90. The SMILES string of the molecule is CC(N)C(=O)NC(Cc1ccc(OP(O)O)c(O)c1)C(=O)O. The molecule has 0 saturated heterocycles. The topological polar surface area (TPSA) is 162 Å². The zero-order valence-corrected chi connectivity index (χ0v) is 12.5. The molecule has 1 amide bonds. The van der Waals surface area contributed by atoms with Crippen LogP contribution in [-0.4, -0.2) is 44.0 Å². The molecular weight excluding hydrogens is 315 g/mol. The summed E-state index contributed by atoms with van der Waals surface area (Å²) in [7, 11) is -2.67. The quantitative estimate of drug-likeness (QED) is 0.362. The number of carbonyl (C=O) groups excluding carboxylic acids is 1. The molecule has 0 bridgehead atoms. The van der Waals surface area contributed by atoms with Crippen LogP contribution in [0.1, 0.15) is 12.5 Å². The third-order valence-corrected chi connectivity index (χ3v) is 3.03. The first-order valence-corrected chi connectivity index (χ1v) is 7.33. The lowest BCUT2D eigenvalue weighted by Gasteiger charge is -2.16. The number of hydrogen-bond acceptors (Lipinski definition) is 7. The fourth-order valence-electron chi connectivity index (χ4n) is 1.59. The Morgan fingerprint density at radius 1 is 1.41 bits per heavy atom. The fourth-order valence-corrected chi connectivity index (χ4v) is 1.92. The predicted octanol–water partition coefficient (Wildman–Crippen LogP) is -0.558. The second-order valence-electron chi connectivity index (χ2n) is 4.54. The Balaban J connectivity index is 2.84. The lowest BCUT2D eigenvalue weighted by Crippen LogP contribution is -2.48. The minimum absolute atomic E-state index is 0.0886. The van der Waals surface area contributed by atoms with Crippen LogP contribution < -0.4 is 15.6 Å². The van der Waals surface area contributed by atoms with Crippen LogP contribution in [0.4, 0.5) is 0 Å². The molecule has 10 heteroatoms. The van der Waals surface area contributed by atoms with Crippen molar-refractivity contribution in [2.75, 3.05) is 0 Å². The van der Waals surface area contributed by atoms with Crippen molar-refractivity contribution < 1.29 is 34.1 Å². The normalized spacial score (nSPS) is 13.5. The summed E-state index contributed by atoms with van der Waals surface area (Å²) in [6, 6.07) is 1.85. The van der Waals surface area contributed by atoms with Crippen molar-refractivity contribution in [2.45, 2.75) is 25.4 Å². The van der Waals surface area contributed by atoms with E-state index in [1.54, 1.807) is 0 Å². The molecule has 0 spiro atoms. The van der Waals surface area contributed by atoms with Crippen molar-refractivity contribution in [1.29, 1.82) is 0 Å². The van der Waals surface area contributed by atoms with Gasteiger partial charge in [0.1, 0.15) is 6.04 Å². The molecule has 0 aliphatic rings. The summed E-state index contributed by atoms with van der Waals surface area (Å²) in [6.45, 7) is 1.42. The predicted molar refractivity (Wildman–Crippen MR) is 77.0 cm³/mol. The van der Waals surface area contributed by atoms with Crippen molar-refractivity contribution in [3.05, 3.63) is 23.8 Å². The number of nitrogens with two attached hydrogens (primary N) is 1. The Hall–Kier alpha value is -1.93. The van der Waals surface area contributed by atoms with Gasteiger partial charge in [-0.15, -0.1) is 0 Å². The van der Waals surface area contributed by atoms with Gasteiger partial charge in [-0.05, 0) is 24.6 Å². The van der Waals surface area contributed by atoms with Gasteiger partial charge in [0.2, 0.25) is 5.91 Å². The molecule has 0 aliphatic carbocycles. The van der Waals surface area contributed by atoms with Crippen molar-refractivity contribution in [3.8, 4) is 11.5 Å². The molecule has 1 aromatic carbocycles. The van der Waals surface area contributed by atoms with E-state index in [2.05, 4.69) is 9.84 Å². The van der Waals surface area contributed by atoms with Gasteiger partial charge in [0.15, 0.2) is 11.5 Å². The molecule has 7 N–H and O–H groups in total. The Kier molecular flexibility index (Phi) is 6.51. The van der Waals surface area contributed by atoms with Crippen LogP contribution in [0.2, 0.25) is 0 Å². The molecule has 0 radical (unpaired) electrons. The first-order chi connectivity index (χ1) is 10.2. The number of amides is 1. The average Bonchev–Trinajstić information content (AvgIpc) is 2.40. The largest absolute Gasteiger partial charge is 0.504 e. The summed E-state index contributed by atoms with van der Waals surface area (Å²) >= 11 is 0. The Morgan fingerprint density at radius 3 is 2.50 bits per heavy atom. The van der Waals surface area contributed by atoms with Crippen molar-refractivity contribution in [1.82, 2.24) is 5.32 Å². The molecule has 0 fully saturated rings. The van der Waals surface area contributed by atoms with Crippen LogP contribution in [0.3, 0.4) is 0 Å². The highest BCUT2D eigenvalue weighted by Gasteiger charge is 2.22. The smallest absolute Gasteiger partial charge is 0.391 e. The van der Waals surface area contributed by atoms with E-state index in [0.29, 0.717) is 5.56 Å². The van der Waals surface area contributed by atoms with E-state index in [4.69, 9.17) is 20.6 Å². The van der Waals surface area contributed by atoms with Crippen LogP contribution in [-0.2, 0) is 16.0 Å². The molecular formula is C12H17N2O7P. The summed E-state index contributed by atoms with van der Waals surface area (Å²) < 4.78 is 4.57. The molecule has 2 atom stereocenters. The summed E-state index contributed by atoms with van der Waals surface area (Å²) in [5.74, 6) is -2.38. The average molecular weight is 332 g/mol. The van der Waals surface area contributed by atoms with Crippen LogP contribution in [0.15, 0.2) is 18.2 Å².